The lowest BCUT2D eigenvalue weighted by molar-refractivity contribution is 0.663. The fourth-order valence-corrected chi connectivity index (χ4v) is 1.53. The summed E-state index contributed by atoms with van der Waals surface area (Å²) >= 11 is 0. The third-order valence-electron chi connectivity index (χ3n) is 2.15. The molecule has 0 saturated carbocycles. The Morgan fingerprint density at radius 2 is 2.40 bits per heavy atom. The summed E-state index contributed by atoms with van der Waals surface area (Å²) < 4.78 is 0. The Hall–Kier alpha value is -0.630. The Kier molecular flexibility index (Phi) is 1.55. The van der Waals surface area contributed by atoms with Crippen molar-refractivity contribution in [2.45, 2.75) is 12.8 Å². The molecule has 0 aliphatic carbocycles. The van der Waals surface area contributed by atoms with Gasteiger partial charge in [-0.1, -0.05) is 0 Å². The minimum Gasteiger partial charge on any atom is -0.313 e. The summed E-state index contributed by atoms with van der Waals surface area (Å²) in [5, 5.41) is 3.36. The molecule has 2 rings (SSSR count). The summed E-state index contributed by atoms with van der Waals surface area (Å²) in [5.41, 5.74) is 3.08. The van der Waals surface area contributed by atoms with Gasteiger partial charge in [-0.15, -0.1) is 0 Å². The van der Waals surface area contributed by atoms with Crippen LogP contribution in [0.5, 0.6) is 0 Å². The highest BCUT2D eigenvalue weighted by Gasteiger charge is 2.11. The maximum atomic E-state index is 4.25. The van der Waals surface area contributed by atoms with E-state index in [0.29, 0.717) is 0 Å². The van der Waals surface area contributed by atoms with Crippen molar-refractivity contribution in [3.63, 3.8) is 0 Å². The van der Waals surface area contributed by atoms with E-state index >= 15 is 0 Å². The predicted octanol–water partition coefficient (Wildman–Crippen LogP) is 0.751. The normalized spacial score (nSPS) is 24.8. The van der Waals surface area contributed by atoms with Crippen LogP contribution in [0.1, 0.15) is 12.8 Å². The third-order valence-corrected chi connectivity index (χ3v) is 2.15. The number of dihydropyridines is 1. The fraction of sp³-hybridized carbons (Fsp3) is 0.625. The standard InChI is InChI=1S/C8H12N2/c1-3-9-6-8-2-4-10-5-7(1)8/h5,9H,1-4,6H2. The number of rotatable bonds is 0. The smallest absolute Gasteiger partial charge is 0.0427 e. The molecule has 2 aliphatic rings. The van der Waals surface area contributed by atoms with Gasteiger partial charge in [-0.05, 0) is 30.5 Å². The number of aliphatic imine (C=N–C) groups is 1. The maximum Gasteiger partial charge on any atom is 0.0427 e. The van der Waals surface area contributed by atoms with Gasteiger partial charge in [0.1, 0.15) is 0 Å². The quantitative estimate of drug-likeness (QED) is 0.522. The Bertz CT molecular complexity index is 191. The Labute approximate surface area is 61.0 Å². The van der Waals surface area contributed by atoms with E-state index in [1.165, 1.54) is 18.4 Å². The average Bonchev–Trinajstić information content (AvgIpc) is 2.05. The average molecular weight is 136 g/mol. The summed E-state index contributed by atoms with van der Waals surface area (Å²) in [4.78, 5) is 4.25. The Morgan fingerprint density at radius 1 is 1.40 bits per heavy atom. The van der Waals surface area contributed by atoms with E-state index in [9.17, 15) is 0 Å². The minimum atomic E-state index is 1.00. The minimum absolute atomic E-state index is 1.00. The molecular formula is C8H12N2. The van der Waals surface area contributed by atoms with Crippen LogP contribution in [-0.2, 0) is 0 Å². The van der Waals surface area contributed by atoms with Crippen LogP contribution in [0.15, 0.2) is 16.1 Å². The lowest BCUT2D eigenvalue weighted by atomic mass is 9.98. The zero-order valence-corrected chi connectivity index (χ0v) is 6.06. The molecule has 0 spiro atoms. The number of nitrogens with one attached hydrogen (secondary N) is 1. The fourth-order valence-electron chi connectivity index (χ4n) is 1.53. The van der Waals surface area contributed by atoms with E-state index in [0.717, 1.165) is 19.6 Å². The van der Waals surface area contributed by atoms with Crippen molar-refractivity contribution < 1.29 is 0 Å². The van der Waals surface area contributed by atoms with Crippen molar-refractivity contribution in [3.8, 4) is 0 Å². The lowest BCUT2D eigenvalue weighted by Crippen LogP contribution is -2.27. The van der Waals surface area contributed by atoms with Gasteiger partial charge in [0.15, 0.2) is 0 Å². The van der Waals surface area contributed by atoms with Crippen LogP contribution in [0.2, 0.25) is 0 Å². The van der Waals surface area contributed by atoms with E-state index in [1.807, 2.05) is 0 Å². The second-order valence-electron chi connectivity index (χ2n) is 2.84. The van der Waals surface area contributed by atoms with Crippen LogP contribution in [0, 0.1) is 0 Å². The van der Waals surface area contributed by atoms with Crippen molar-refractivity contribution in [1.82, 2.24) is 5.32 Å². The molecule has 0 bridgehead atoms. The topological polar surface area (TPSA) is 24.4 Å². The van der Waals surface area contributed by atoms with Crippen LogP contribution in [0.4, 0.5) is 0 Å². The molecule has 0 aromatic heterocycles. The molecule has 0 fully saturated rings. The highest BCUT2D eigenvalue weighted by Crippen LogP contribution is 2.16. The second-order valence-corrected chi connectivity index (χ2v) is 2.84. The van der Waals surface area contributed by atoms with E-state index in [1.54, 1.807) is 5.57 Å². The van der Waals surface area contributed by atoms with E-state index in [2.05, 4.69) is 16.5 Å². The van der Waals surface area contributed by atoms with Crippen molar-refractivity contribution in [1.29, 1.82) is 0 Å². The van der Waals surface area contributed by atoms with Crippen LogP contribution < -0.4 is 5.32 Å². The first-order chi connectivity index (χ1) is 4.97. The molecule has 0 radical (unpaired) electrons. The van der Waals surface area contributed by atoms with Gasteiger partial charge in [-0.25, -0.2) is 0 Å². The number of nitrogens with zero attached hydrogens (tertiary/aromatic N) is 1. The molecule has 2 nitrogen and oxygen atoms in total. The van der Waals surface area contributed by atoms with Gasteiger partial charge in [0.25, 0.3) is 0 Å². The monoisotopic (exact) mass is 136 g/mol. The molecule has 0 unspecified atom stereocenters. The van der Waals surface area contributed by atoms with Gasteiger partial charge < -0.3 is 5.32 Å². The lowest BCUT2D eigenvalue weighted by Gasteiger charge is -2.20. The Balaban J connectivity index is 2.23. The summed E-state index contributed by atoms with van der Waals surface area (Å²) in [6.45, 7) is 3.23. The summed E-state index contributed by atoms with van der Waals surface area (Å²) in [6, 6.07) is 0. The van der Waals surface area contributed by atoms with Gasteiger partial charge in [0.05, 0.1) is 0 Å². The van der Waals surface area contributed by atoms with Crippen LogP contribution in [-0.4, -0.2) is 25.8 Å². The molecule has 10 heavy (non-hydrogen) atoms. The number of hydrogen-bond acceptors (Lipinski definition) is 2. The van der Waals surface area contributed by atoms with Crippen LogP contribution >= 0.6 is 0 Å². The van der Waals surface area contributed by atoms with Crippen molar-refractivity contribution in [2.75, 3.05) is 19.6 Å². The molecule has 54 valence electrons. The molecule has 0 saturated heterocycles. The highest BCUT2D eigenvalue weighted by atomic mass is 14.9. The van der Waals surface area contributed by atoms with E-state index in [-0.39, 0.29) is 0 Å². The summed E-state index contributed by atoms with van der Waals surface area (Å²) in [5.74, 6) is 0. The molecule has 2 heterocycles. The third kappa shape index (κ3) is 0.991. The van der Waals surface area contributed by atoms with Gasteiger partial charge in [-0.2, -0.15) is 0 Å². The molecule has 0 aromatic carbocycles. The second kappa shape index (κ2) is 2.54. The molecule has 2 heteroatoms. The number of hydrogen-bond donors (Lipinski definition) is 1. The molecule has 0 atom stereocenters. The van der Waals surface area contributed by atoms with Crippen molar-refractivity contribution in [3.05, 3.63) is 11.1 Å². The van der Waals surface area contributed by atoms with E-state index in [4.69, 9.17) is 0 Å². The zero-order valence-electron chi connectivity index (χ0n) is 6.06. The van der Waals surface area contributed by atoms with Crippen LogP contribution in [0.25, 0.3) is 0 Å². The molecule has 2 aliphatic heterocycles. The molecular weight excluding hydrogens is 124 g/mol. The van der Waals surface area contributed by atoms with Gasteiger partial charge >= 0.3 is 0 Å². The highest BCUT2D eigenvalue weighted by molar-refractivity contribution is 5.81. The van der Waals surface area contributed by atoms with Gasteiger partial charge in [-0.3, -0.25) is 4.99 Å². The van der Waals surface area contributed by atoms with Crippen molar-refractivity contribution in [2.24, 2.45) is 4.99 Å². The van der Waals surface area contributed by atoms with Gasteiger partial charge in [0, 0.05) is 19.3 Å². The predicted molar refractivity (Wildman–Crippen MR) is 42.5 cm³/mol. The zero-order chi connectivity index (χ0) is 6.81. The summed E-state index contributed by atoms with van der Waals surface area (Å²) in [7, 11) is 0. The van der Waals surface area contributed by atoms with Crippen LogP contribution in [0.3, 0.4) is 0 Å². The first-order valence-electron chi connectivity index (χ1n) is 3.88. The largest absolute Gasteiger partial charge is 0.313 e. The first-order valence-corrected chi connectivity index (χ1v) is 3.88. The Morgan fingerprint density at radius 3 is 3.30 bits per heavy atom. The van der Waals surface area contributed by atoms with Gasteiger partial charge in [0.2, 0.25) is 0 Å². The van der Waals surface area contributed by atoms with Crippen molar-refractivity contribution >= 4 is 6.21 Å². The molecule has 0 aromatic rings. The summed E-state index contributed by atoms with van der Waals surface area (Å²) in [6.07, 6.45) is 4.41. The SMILES string of the molecule is C1=NCCC2=C1CCNC2. The molecule has 0 amide bonds. The first kappa shape index (κ1) is 6.10. The van der Waals surface area contributed by atoms with E-state index < -0.39 is 0 Å². The molecule has 1 N–H and O–H groups in total. The maximum absolute atomic E-state index is 4.25.